The zero-order chi connectivity index (χ0) is 13.2. The smallest absolute Gasteiger partial charge is 0.221 e. The topological polar surface area (TPSA) is 92.5 Å². The number of sulfonamides is 1. The monoisotopic (exact) mass is 311 g/mol. The summed E-state index contributed by atoms with van der Waals surface area (Å²) in [5.74, 6) is 0.652. The van der Waals surface area contributed by atoms with Crippen molar-refractivity contribution >= 4 is 28.3 Å². The number of carbonyl (C=O) groups is 1. The van der Waals surface area contributed by atoms with Gasteiger partial charge in [0.25, 0.3) is 0 Å². The molecule has 0 spiro atoms. The van der Waals surface area contributed by atoms with E-state index >= 15 is 0 Å². The minimum Gasteiger partial charge on any atom is -0.354 e. The average molecular weight is 312 g/mol. The van der Waals surface area contributed by atoms with Gasteiger partial charge in [-0.05, 0) is 25.2 Å². The summed E-state index contributed by atoms with van der Waals surface area (Å²) in [7, 11) is -3.09. The Kier molecular flexibility index (Phi) is 6.04. The lowest BCUT2D eigenvalue weighted by atomic mass is 10.2. The van der Waals surface area contributed by atoms with Gasteiger partial charge in [0.1, 0.15) is 0 Å². The van der Waals surface area contributed by atoms with Gasteiger partial charge < -0.3 is 11.1 Å². The molecule has 1 heterocycles. The normalized spacial score (nSPS) is 23.6. The second kappa shape index (κ2) is 6.88. The third-order valence-corrected chi connectivity index (χ3v) is 5.51. The first-order chi connectivity index (χ1) is 8.49. The van der Waals surface area contributed by atoms with Gasteiger partial charge in [0, 0.05) is 32.1 Å². The largest absolute Gasteiger partial charge is 0.354 e. The first-order valence-electron chi connectivity index (χ1n) is 6.49. The van der Waals surface area contributed by atoms with Crippen molar-refractivity contribution < 1.29 is 13.2 Å². The van der Waals surface area contributed by atoms with Crippen LogP contribution < -0.4 is 11.1 Å². The molecule has 1 unspecified atom stereocenters. The molecule has 1 atom stereocenters. The van der Waals surface area contributed by atoms with Crippen molar-refractivity contribution in [2.75, 3.05) is 25.4 Å². The Bertz CT molecular complexity index is 411. The molecule has 1 saturated heterocycles. The molecule has 8 heteroatoms. The van der Waals surface area contributed by atoms with Gasteiger partial charge >= 0.3 is 0 Å². The Balaban J connectivity index is 0.00000180. The molecule has 0 aromatic carbocycles. The van der Waals surface area contributed by atoms with E-state index in [0.29, 0.717) is 25.4 Å². The molecule has 0 aromatic heterocycles. The van der Waals surface area contributed by atoms with Crippen molar-refractivity contribution in [1.82, 2.24) is 9.62 Å². The lowest BCUT2D eigenvalue weighted by molar-refractivity contribution is -0.121. The van der Waals surface area contributed by atoms with Gasteiger partial charge in [0.2, 0.25) is 15.9 Å². The summed E-state index contributed by atoms with van der Waals surface area (Å²) in [6.07, 6.45) is 3.19. The molecule has 0 radical (unpaired) electrons. The minimum atomic E-state index is -3.09. The highest BCUT2D eigenvalue weighted by molar-refractivity contribution is 7.89. The van der Waals surface area contributed by atoms with Crippen LogP contribution in [0, 0.1) is 5.92 Å². The van der Waals surface area contributed by atoms with E-state index < -0.39 is 10.0 Å². The SMILES string of the molecule is Cl.NC(CNC(=O)CCN1CCCS1(=O)=O)C1CC1. The van der Waals surface area contributed by atoms with E-state index in [2.05, 4.69) is 5.32 Å². The maximum Gasteiger partial charge on any atom is 0.221 e. The number of carbonyl (C=O) groups excluding carboxylic acids is 1. The number of hydrogen-bond acceptors (Lipinski definition) is 4. The summed E-state index contributed by atoms with van der Waals surface area (Å²) in [4.78, 5) is 11.6. The van der Waals surface area contributed by atoms with Crippen molar-refractivity contribution in [3.8, 4) is 0 Å². The fraction of sp³-hybridized carbons (Fsp3) is 0.909. The Morgan fingerprint density at radius 1 is 1.42 bits per heavy atom. The van der Waals surface area contributed by atoms with Crippen molar-refractivity contribution in [1.29, 1.82) is 0 Å². The number of nitrogens with zero attached hydrogens (tertiary/aromatic N) is 1. The molecule has 2 aliphatic rings. The molecule has 2 rings (SSSR count). The van der Waals surface area contributed by atoms with Crippen LogP contribution in [-0.2, 0) is 14.8 Å². The standard InChI is InChI=1S/C11H21N3O3S.ClH/c12-10(9-2-3-9)8-13-11(15)4-6-14-5-1-7-18(14,16)17;/h9-10H,1-8,12H2,(H,13,15);1H. The van der Waals surface area contributed by atoms with Gasteiger partial charge in [0.15, 0.2) is 0 Å². The van der Waals surface area contributed by atoms with Gasteiger partial charge in [-0.2, -0.15) is 0 Å². The molecule has 1 amide bonds. The molecule has 0 bridgehead atoms. The Hall–Kier alpha value is -0.370. The van der Waals surface area contributed by atoms with E-state index in [-0.39, 0.29) is 43.1 Å². The fourth-order valence-electron chi connectivity index (χ4n) is 2.18. The predicted octanol–water partition coefficient (Wildman–Crippen LogP) is -0.313. The predicted molar refractivity (Wildman–Crippen MR) is 75.6 cm³/mol. The molecule has 1 aliphatic carbocycles. The molecule has 6 nitrogen and oxygen atoms in total. The molecule has 3 N–H and O–H groups in total. The van der Waals surface area contributed by atoms with Crippen LogP contribution in [0.4, 0.5) is 0 Å². The van der Waals surface area contributed by atoms with Crippen LogP contribution in [0.15, 0.2) is 0 Å². The number of nitrogens with two attached hydrogens (primary N) is 1. The minimum absolute atomic E-state index is 0. The highest BCUT2D eigenvalue weighted by atomic mass is 35.5. The Morgan fingerprint density at radius 3 is 2.63 bits per heavy atom. The highest BCUT2D eigenvalue weighted by Gasteiger charge is 2.29. The fourth-order valence-corrected chi connectivity index (χ4v) is 3.71. The van der Waals surface area contributed by atoms with E-state index in [1.54, 1.807) is 0 Å². The lowest BCUT2D eigenvalue weighted by Gasteiger charge is -2.15. The molecular weight excluding hydrogens is 290 g/mol. The number of hydrogen-bond donors (Lipinski definition) is 2. The second-order valence-corrected chi connectivity index (χ2v) is 7.21. The summed E-state index contributed by atoms with van der Waals surface area (Å²) >= 11 is 0. The first-order valence-corrected chi connectivity index (χ1v) is 8.10. The zero-order valence-electron chi connectivity index (χ0n) is 10.9. The summed E-state index contributed by atoms with van der Waals surface area (Å²) in [5, 5.41) is 2.77. The van der Waals surface area contributed by atoms with E-state index in [1.165, 1.54) is 4.31 Å². The van der Waals surface area contributed by atoms with Crippen LogP contribution in [0.1, 0.15) is 25.7 Å². The van der Waals surface area contributed by atoms with Gasteiger partial charge in [0.05, 0.1) is 5.75 Å². The van der Waals surface area contributed by atoms with Gasteiger partial charge in [-0.3, -0.25) is 4.79 Å². The van der Waals surface area contributed by atoms with Crippen LogP contribution in [-0.4, -0.2) is 50.1 Å². The number of nitrogens with one attached hydrogen (secondary N) is 1. The summed E-state index contributed by atoms with van der Waals surface area (Å²) < 4.78 is 24.4. The molecule has 1 aliphatic heterocycles. The van der Waals surface area contributed by atoms with E-state index in [0.717, 1.165) is 12.8 Å². The van der Waals surface area contributed by atoms with E-state index in [4.69, 9.17) is 5.73 Å². The third-order valence-electron chi connectivity index (χ3n) is 3.55. The average Bonchev–Trinajstić information content (AvgIpc) is 3.09. The number of halogens is 1. The summed E-state index contributed by atoms with van der Waals surface area (Å²) in [6.45, 7) is 1.32. The molecular formula is C11H22ClN3O3S. The molecule has 0 aromatic rings. The van der Waals surface area contributed by atoms with E-state index in [9.17, 15) is 13.2 Å². The van der Waals surface area contributed by atoms with Crippen molar-refractivity contribution in [2.45, 2.75) is 31.7 Å². The molecule has 1 saturated carbocycles. The quantitative estimate of drug-likeness (QED) is 0.703. The van der Waals surface area contributed by atoms with E-state index in [1.807, 2.05) is 0 Å². The van der Waals surface area contributed by atoms with Crippen molar-refractivity contribution in [3.63, 3.8) is 0 Å². The summed E-state index contributed by atoms with van der Waals surface area (Å²) in [6, 6.07) is 0.0458. The van der Waals surface area contributed by atoms with Crippen LogP contribution in [0.3, 0.4) is 0 Å². The summed E-state index contributed by atoms with van der Waals surface area (Å²) in [5.41, 5.74) is 5.87. The Labute approximate surface area is 120 Å². The lowest BCUT2D eigenvalue weighted by Crippen LogP contribution is -2.39. The van der Waals surface area contributed by atoms with Gasteiger partial charge in [-0.1, -0.05) is 0 Å². The molecule has 112 valence electrons. The van der Waals surface area contributed by atoms with Crippen molar-refractivity contribution in [2.24, 2.45) is 11.7 Å². The third kappa shape index (κ3) is 4.91. The van der Waals surface area contributed by atoms with Crippen molar-refractivity contribution in [3.05, 3.63) is 0 Å². The maximum absolute atomic E-state index is 11.6. The maximum atomic E-state index is 11.6. The zero-order valence-corrected chi connectivity index (χ0v) is 12.5. The van der Waals surface area contributed by atoms with Crippen LogP contribution in [0.5, 0.6) is 0 Å². The first kappa shape index (κ1) is 16.7. The molecule has 2 fully saturated rings. The van der Waals surface area contributed by atoms with Crippen LogP contribution in [0.2, 0.25) is 0 Å². The number of amides is 1. The molecule has 19 heavy (non-hydrogen) atoms. The van der Waals surface area contributed by atoms with Gasteiger partial charge in [-0.15, -0.1) is 12.4 Å². The highest BCUT2D eigenvalue weighted by Crippen LogP contribution is 2.31. The van der Waals surface area contributed by atoms with Gasteiger partial charge in [-0.25, -0.2) is 12.7 Å². The second-order valence-electron chi connectivity index (χ2n) is 5.12. The Morgan fingerprint density at radius 2 is 2.11 bits per heavy atom. The van der Waals surface area contributed by atoms with Crippen LogP contribution >= 0.6 is 12.4 Å². The number of rotatable bonds is 6. The van der Waals surface area contributed by atoms with Crippen LogP contribution in [0.25, 0.3) is 0 Å².